The molecule has 0 amide bonds. The van der Waals surface area contributed by atoms with Crippen LogP contribution in [0.25, 0.3) is 0 Å². The summed E-state index contributed by atoms with van der Waals surface area (Å²) in [6.07, 6.45) is 6.05. The summed E-state index contributed by atoms with van der Waals surface area (Å²) in [5, 5.41) is 21.2. The van der Waals surface area contributed by atoms with Crippen LogP contribution in [0.5, 0.6) is 5.75 Å². The Morgan fingerprint density at radius 2 is 1.75 bits per heavy atom. The number of phenols is 1. The number of carbonyl (C=O) groups is 2. The first-order valence-electron chi connectivity index (χ1n) is 11.0. The fourth-order valence-electron chi connectivity index (χ4n) is 6.64. The Balaban J connectivity index is 1.87. The highest BCUT2D eigenvalue weighted by Gasteiger charge is 2.55. The number of aryl methyl sites for hydroxylation is 1. The molecule has 152 valence electrons. The Bertz CT molecular complexity index is 826. The summed E-state index contributed by atoms with van der Waals surface area (Å²) in [7, 11) is 0. The fraction of sp³-hybridized carbons (Fsp3) is 0.667. The van der Waals surface area contributed by atoms with Crippen LogP contribution in [-0.2, 0) is 6.42 Å². The van der Waals surface area contributed by atoms with Crippen LogP contribution in [0.2, 0.25) is 0 Å². The minimum atomic E-state index is -0.228. The molecular formula is C24H32O4. The Kier molecular flexibility index (Phi) is 4.89. The number of phenolic OH excluding ortho intramolecular Hbond substituents is 1. The van der Waals surface area contributed by atoms with Crippen molar-refractivity contribution in [2.75, 3.05) is 0 Å². The standard InChI is InChI=1S/C24H32O4/c1-4-17(25)22-19(27)12-13-6-7-14-15(21(13)23(22)18(26)5-2)10-11-24(3)16(14)8-9-20(24)28/h12,14-16,20,27-28H,4-11H2,1-3H3/t14-,15+,16+,20+,24+/m1/s1. The number of Topliss-reactive ketones (excluding diaryl/α,β-unsaturated/α-hetero) is 2. The first-order valence-corrected chi connectivity index (χ1v) is 11.0. The van der Waals surface area contributed by atoms with Gasteiger partial charge in [-0.3, -0.25) is 9.59 Å². The maximum absolute atomic E-state index is 13.0. The van der Waals surface area contributed by atoms with Crippen molar-refractivity contribution in [2.24, 2.45) is 17.3 Å². The first kappa shape index (κ1) is 19.6. The molecule has 3 aliphatic rings. The van der Waals surface area contributed by atoms with E-state index in [0.717, 1.165) is 49.7 Å². The zero-order chi connectivity index (χ0) is 20.2. The number of hydrogen-bond donors (Lipinski definition) is 2. The molecule has 5 atom stereocenters. The second kappa shape index (κ2) is 6.98. The number of carbonyl (C=O) groups excluding carboxylic acids is 2. The topological polar surface area (TPSA) is 74.6 Å². The van der Waals surface area contributed by atoms with E-state index in [4.69, 9.17) is 0 Å². The van der Waals surface area contributed by atoms with Gasteiger partial charge in [0.15, 0.2) is 11.6 Å². The van der Waals surface area contributed by atoms with Gasteiger partial charge in [-0.25, -0.2) is 0 Å². The summed E-state index contributed by atoms with van der Waals surface area (Å²) in [5.74, 6) is 0.944. The minimum Gasteiger partial charge on any atom is -0.507 e. The van der Waals surface area contributed by atoms with Crippen molar-refractivity contribution in [1.29, 1.82) is 0 Å². The van der Waals surface area contributed by atoms with Gasteiger partial charge in [0.05, 0.1) is 11.7 Å². The smallest absolute Gasteiger partial charge is 0.167 e. The van der Waals surface area contributed by atoms with Gasteiger partial charge in [-0.2, -0.15) is 0 Å². The third-order valence-electron chi connectivity index (χ3n) is 8.14. The van der Waals surface area contributed by atoms with E-state index in [0.29, 0.717) is 23.8 Å². The van der Waals surface area contributed by atoms with Gasteiger partial charge < -0.3 is 10.2 Å². The second-order valence-electron chi connectivity index (χ2n) is 9.33. The number of aliphatic hydroxyl groups is 1. The maximum atomic E-state index is 13.0. The predicted octanol–water partition coefficient (Wildman–Crippen LogP) is 4.79. The molecule has 1 aromatic rings. The molecule has 0 bridgehead atoms. The number of aliphatic hydroxyl groups excluding tert-OH is 1. The van der Waals surface area contributed by atoms with Crippen molar-refractivity contribution in [2.45, 2.75) is 84.2 Å². The summed E-state index contributed by atoms with van der Waals surface area (Å²) in [4.78, 5) is 25.6. The van der Waals surface area contributed by atoms with Gasteiger partial charge in [0.25, 0.3) is 0 Å². The SMILES string of the molecule is CCC(=O)c1c(O)cc2c(c1C(=O)CC)[C@H]1CC[C@]3(C)[C@@H](O)CC[C@H]3[C@@H]1CC2. The van der Waals surface area contributed by atoms with E-state index in [9.17, 15) is 19.8 Å². The van der Waals surface area contributed by atoms with Crippen LogP contribution in [0, 0.1) is 17.3 Å². The molecule has 4 heteroatoms. The normalized spacial score (nSPS) is 33.7. The molecule has 0 heterocycles. The highest BCUT2D eigenvalue weighted by Crippen LogP contribution is 2.61. The summed E-state index contributed by atoms with van der Waals surface area (Å²) in [6, 6.07) is 1.75. The van der Waals surface area contributed by atoms with Crippen molar-refractivity contribution in [1.82, 2.24) is 0 Å². The Hall–Kier alpha value is -1.68. The first-order chi connectivity index (χ1) is 13.3. The van der Waals surface area contributed by atoms with Crippen molar-refractivity contribution >= 4 is 11.6 Å². The van der Waals surface area contributed by atoms with Crippen LogP contribution >= 0.6 is 0 Å². The highest BCUT2D eigenvalue weighted by molar-refractivity contribution is 6.11. The molecule has 1 aromatic carbocycles. The van der Waals surface area contributed by atoms with E-state index in [2.05, 4.69) is 6.92 Å². The van der Waals surface area contributed by atoms with Gasteiger partial charge >= 0.3 is 0 Å². The van der Waals surface area contributed by atoms with Gasteiger partial charge in [0.2, 0.25) is 0 Å². The molecule has 4 nitrogen and oxygen atoms in total. The molecule has 28 heavy (non-hydrogen) atoms. The van der Waals surface area contributed by atoms with E-state index in [1.54, 1.807) is 13.0 Å². The van der Waals surface area contributed by atoms with Crippen LogP contribution in [0.3, 0.4) is 0 Å². The van der Waals surface area contributed by atoms with E-state index in [-0.39, 0.29) is 46.7 Å². The lowest BCUT2D eigenvalue weighted by Crippen LogP contribution is -2.44. The number of fused-ring (bicyclic) bond motifs is 5. The molecule has 0 aliphatic heterocycles. The van der Waals surface area contributed by atoms with E-state index < -0.39 is 0 Å². The zero-order valence-corrected chi connectivity index (χ0v) is 17.3. The highest BCUT2D eigenvalue weighted by atomic mass is 16.3. The van der Waals surface area contributed by atoms with Gasteiger partial charge in [-0.1, -0.05) is 20.8 Å². The average Bonchev–Trinajstić information content (AvgIpc) is 3.00. The average molecular weight is 385 g/mol. The number of hydrogen-bond acceptors (Lipinski definition) is 4. The quantitative estimate of drug-likeness (QED) is 0.732. The van der Waals surface area contributed by atoms with Crippen LogP contribution in [-0.4, -0.2) is 27.9 Å². The monoisotopic (exact) mass is 384 g/mol. The lowest BCUT2D eigenvalue weighted by molar-refractivity contribution is -0.0227. The van der Waals surface area contributed by atoms with E-state index in [1.807, 2.05) is 6.92 Å². The molecular weight excluding hydrogens is 352 g/mol. The van der Waals surface area contributed by atoms with Crippen molar-refractivity contribution < 1.29 is 19.8 Å². The number of benzene rings is 1. The molecule has 4 rings (SSSR count). The predicted molar refractivity (Wildman–Crippen MR) is 108 cm³/mol. The largest absolute Gasteiger partial charge is 0.507 e. The van der Waals surface area contributed by atoms with Crippen LogP contribution in [0.1, 0.15) is 103 Å². The third-order valence-corrected chi connectivity index (χ3v) is 8.14. The Morgan fingerprint density at radius 3 is 2.43 bits per heavy atom. The number of aromatic hydroxyl groups is 1. The van der Waals surface area contributed by atoms with Gasteiger partial charge in [0.1, 0.15) is 5.75 Å². The lowest BCUT2D eigenvalue weighted by atomic mass is 9.54. The minimum absolute atomic E-state index is 0.0212. The van der Waals surface area contributed by atoms with Gasteiger partial charge in [-0.05, 0) is 78.9 Å². The summed E-state index contributed by atoms with van der Waals surface area (Å²) in [5.41, 5.74) is 2.81. The van der Waals surface area contributed by atoms with Crippen molar-refractivity contribution in [3.8, 4) is 5.75 Å². The van der Waals surface area contributed by atoms with Crippen molar-refractivity contribution in [3.05, 3.63) is 28.3 Å². The van der Waals surface area contributed by atoms with Crippen LogP contribution in [0.15, 0.2) is 6.07 Å². The number of rotatable bonds is 4. The molecule has 0 saturated heterocycles. The molecule has 2 fully saturated rings. The molecule has 0 aromatic heterocycles. The molecule has 0 radical (unpaired) electrons. The van der Waals surface area contributed by atoms with Crippen molar-refractivity contribution in [3.63, 3.8) is 0 Å². The van der Waals surface area contributed by atoms with Gasteiger partial charge in [0, 0.05) is 18.4 Å². The summed E-state index contributed by atoms with van der Waals surface area (Å²) >= 11 is 0. The molecule has 2 saturated carbocycles. The second-order valence-corrected chi connectivity index (χ2v) is 9.33. The summed E-state index contributed by atoms with van der Waals surface area (Å²) < 4.78 is 0. The molecule has 0 unspecified atom stereocenters. The van der Waals surface area contributed by atoms with Crippen LogP contribution in [0.4, 0.5) is 0 Å². The lowest BCUT2D eigenvalue weighted by Gasteiger charge is -2.50. The Morgan fingerprint density at radius 1 is 1.07 bits per heavy atom. The molecule has 3 aliphatic carbocycles. The number of ketones is 2. The fourth-order valence-corrected chi connectivity index (χ4v) is 6.64. The third kappa shape index (κ3) is 2.67. The van der Waals surface area contributed by atoms with Crippen LogP contribution < -0.4 is 0 Å². The van der Waals surface area contributed by atoms with Gasteiger partial charge in [-0.15, -0.1) is 0 Å². The Labute approximate surface area is 167 Å². The van der Waals surface area contributed by atoms with E-state index in [1.165, 1.54) is 0 Å². The zero-order valence-electron chi connectivity index (χ0n) is 17.3. The molecule has 2 N–H and O–H groups in total. The van der Waals surface area contributed by atoms with E-state index >= 15 is 0 Å². The summed E-state index contributed by atoms with van der Waals surface area (Å²) in [6.45, 7) is 5.84. The maximum Gasteiger partial charge on any atom is 0.167 e. The molecule has 0 spiro atoms.